The Hall–Kier alpha value is -0.370. The van der Waals surface area contributed by atoms with Crippen LogP contribution in [0.1, 0.15) is 0 Å². The summed E-state index contributed by atoms with van der Waals surface area (Å²) in [5.74, 6) is 0. The van der Waals surface area contributed by atoms with Gasteiger partial charge in [0, 0.05) is 8.96 Å². The Morgan fingerprint density at radius 1 is 1.25 bits per heavy atom. The van der Waals surface area contributed by atoms with Gasteiger partial charge >= 0.3 is 0 Å². The maximum atomic E-state index is 11.3. The van der Waals surface area contributed by atoms with Crippen LogP contribution < -0.4 is 0 Å². The number of hydrogen-bond donors (Lipinski definition) is 1. The minimum absolute atomic E-state index is 0.0572. The zero-order valence-electron chi connectivity index (χ0n) is 7.81. The van der Waals surface area contributed by atoms with Crippen LogP contribution in [0, 0.1) is 3.57 Å². The molecule has 0 radical (unpaired) electrons. The SMILES string of the molecule is O=S(=O)(O)c1c(Cl)c(I)cc2ccccc12. The van der Waals surface area contributed by atoms with Crippen molar-refractivity contribution in [3.8, 4) is 0 Å². The lowest BCUT2D eigenvalue weighted by Crippen LogP contribution is -2.01. The second-order valence-corrected chi connectivity index (χ2v) is 6.10. The minimum Gasteiger partial charge on any atom is -0.282 e. The number of fused-ring (bicyclic) bond motifs is 1. The maximum Gasteiger partial charge on any atom is 0.296 e. The van der Waals surface area contributed by atoms with Gasteiger partial charge in [-0.15, -0.1) is 0 Å². The molecule has 3 nitrogen and oxygen atoms in total. The second kappa shape index (κ2) is 4.14. The third-order valence-electron chi connectivity index (χ3n) is 2.15. The van der Waals surface area contributed by atoms with Crippen LogP contribution in [0.3, 0.4) is 0 Å². The molecule has 0 aliphatic rings. The zero-order chi connectivity index (χ0) is 11.9. The van der Waals surface area contributed by atoms with Crippen LogP contribution in [-0.4, -0.2) is 13.0 Å². The van der Waals surface area contributed by atoms with Gasteiger partial charge in [0.25, 0.3) is 10.1 Å². The van der Waals surface area contributed by atoms with Gasteiger partial charge in [-0.25, -0.2) is 0 Å². The van der Waals surface area contributed by atoms with E-state index in [9.17, 15) is 13.0 Å². The van der Waals surface area contributed by atoms with Crippen molar-refractivity contribution in [3.05, 3.63) is 38.9 Å². The molecule has 2 rings (SSSR count). The zero-order valence-corrected chi connectivity index (χ0v) is 11.5. The molecular weight excluding hydrogens is 363 g/mol. The lowest BCUT2D eigenvalue weighted by molar-refractivity contribution is 0.484. The van der Waals surface area contributed by atoms with Gasteiger partial charge in [0.2, 0.25) is 0 Å². The van der Waals surface area contributed by atoms with E-state index in [0.29, 0.717) is 8.96 Å². The fraction of sp³-hybridized carbons (Fsp3) is 0. The fourth-order valence-electron chi connectivity index (χ4n) is 1.51. The predicted molar refractivity (Wildman–Crippen MR) is 71.5 cm³/mol. The van der Waals surface area contributed by atoms with E-state index in [0.717, 1.165) is 5.39 Å². The highest BCUT2D eigenvalue weighted by Crippen LogP contribution is 2.33. The normalized spacial score (nSPS) is 11.9. The molecular formula is C10H6ClIO3S. The van der Waals surface area contributed by atoms with Gasteiger partial charge in [-0.1, -0.05) is 35.9 Å². The summed E-state index contributed by atoms with van der Waals surface area (Å²) in [6.07, 6.45) is 0. The van der Waals surface area contributed by atoms with Crippen LogP contribution in [0.4, 0.5) is 0 Å². The van der Waals surface area contributed by atoms with Crippen LogP contribution in [0.25, 0.3) is 10.8 Å². The van der Waals surface area contributed by atoms with Gasteiger partial charge in [0.05, 0.1) is 5.02 Å². The van der Waals surface area contributed by atoms with Gasteiger partial charge in [-0.05, 0) is 34.0 Å². The molecule has 84 valence electrons. The molecule has 0 saturated carbocycles. The van der Waals surface area contributed by atoms with Crippen molar-refractivity contribution in [1.29, 1.82) is 0 Å². The van der Waals surface area contributed by atoms with E-state index in [1.54, 1.807) is 30.3 Å². The first-order valence-corrected chi connectivity index (χ1v) is 7.15. The molecule has 0 heterocycles. The maximum absolute atomic E-state index is 11.3. The van der Waals surface area contributed by atoms with Gasteiger partial charge in [0.15, 0.2) is 0 Å². The van der Waals surface area contributed by atoms with E-state index in [-0.39, 0.29) is 9.92 Å². The van der Waals surface area contributed by atoms with Crippen molar-refractivity contribution in [2.75, 3.05) is 0 Å². The van der Waals surface area contributed by atoms with Crippen LogP contribution >= 0.6 is 34.2 Å². The van der Waals surface area contributed by atoms with E-state index in [1.165, 1.54) is 0 Å². The molecule has 0 aromatic heterocycles. The molecule has 0 bridgehead atoms. The average Bonchev–Trinajstić information content (AvgIpc) is 2.17. The van der Waals surface area contributed by atoms with Crippen LogP contribution in [0.2, 0.25) is 5.02 Å². The molecule has 2 aromatic carbocycles. The Kier molecular flexibility index (Phi) is 3.13. The van der Waals surface area contributed by atoms with Crippen molar-refractivity contribution in [1.82, 2.24) is 0 Å². The molecule has 2 aromatic rings. The third kappa shape index (κ3) is 2.04. The smallest absolute Gasteiger partial charge is 0.282 e. The number of rotatable bonds is 1. The summed E-state index contributed by atoms with van der Waals surface area (Å²) in [5.41, 5.74) is 0. The molecule has 0 aliphatic heterocycles. The second-order valence-electron chi connectivity index (χ2n) is 3.20. The molecule has 0 spiro atoms. The summed E-state index contributed by atoms with van der Waals surface area (Å²) in [5, 5.41) is 1.21. The molecule has 0 saturated heterocycles. The van der Waals surface area contributed by atoms with Crippen molar-refractivity contribution < 1.29 is 13.0 Å². The molecule has 0 atom stereocenters. The number of halogens is 2. The monoisotopic (exact) mass is 368 g/mol. The molecule has 0 aliphatic carbocycles. The van der Waals surface area contributed by atoms with E-state index < -0.39 is 10.1 Å². The first-order chi connectivity index (χ1) is 7.41. The molecule has 0 amide bonds. The lowest BCUT2D eigenvalue weighted by atomic mass is 10.1. The Labute approximate surface area is 111 Å². The van der Waals surface area contributed by atoms with Crippen LogP contribution in [0.5, 0.6) is 0 Å². The topological polar surface area (TPSA) is 54.4 Å². The van der Waals surface area contributed by atoms with E-state index in [1.807, 2.05) is 22.6 Å². The molecule has 0 unspecified atom stereocenters. The van der Waals surface area contributed by atoms with Crippen LogP contribution in [0.15, 0.2) is 35.2 Å². The highest BCUT2D eigenvalue weighted by Gasteiger charge is 2.20. The average molecular weight is 369 g/mol. The van der Waals surface area contributed by atoms with Gasteiger partial charge in [0.1, 0.15) is 4.90 Å². The van der Waals surface area contributed by atoms with Crippen molar-refractivity contribution in [2.45, 2.75) is 4.90 Å². The Balaban J connectivity index is 3.05. The third-order valence-corrected chi connectivity index (χ3v) is 4.77. The van der Waals surface area contributed by atoms with Gasteiger partial charge in [-0.3, -0.25) is 4.55 Å². The van der Waals surface area contributed by atoms with Gasteiger partial charge in [-0.2, -0.15) is 8.42 Å². The van der Waals surface area contributed by atoms with Crippen molar-refractivity contribution >= 4 is 55.1 Å². The fourth-order valence-corrected chi connectivity index (χ4v) is 3.55. The Morgan fingerprint density at radius 3 is 2.50 bits per heavy atom. The van der Waals surface area contributed by atoms with E-state index in [4.69, 9.17) is 11.6 Å². The Morgan fingerprint density at radius 2 is 1.88 bits per heavy atom. The molecule has 0 fully saturated rings. The predicted octanol–water partition coefficient (Wildman–Crippen LogP) is 3.34. The van der Waals surface area contributed by atoms with Crippen LogP contribution in [-0.2, 0) is 10.1 Å². The summed E-state index contributed by atoms with van der Waals surface area (Å²) in [4.78, 5) is -0.225. The number of benzene rings is 2. The molecule has 1 N–H and O–H groups in total. The largest absolute Gasteiger partial charge is 0.296 e. The lowest BCUT2D eigenvalue weighted by Gasteiger charge is -2.07. The summed E-state index contributed by atoms with van der Waals surface area (Å²) in [6.45, 7) is 0. The van der Waals surface area contributed by atoms with E-state index >= 15 is 0 Å². The Bertz CT molecular complexity index is 667. The van der Waals surface area contributed by atoms with E-state index in [2.05, 4.69) is 0 Å². The summed E-state index contributed by atoms with van der Waals surface area (Å²) < 4.78 is 32.3. The quantitative estimate of drug-likeness (QED) is 0.620. The summed E-state index contributed by atoms with van der Waals surface area (Å²) in [7, 11) is -4.32. The highest BCUT2D eigenvalue weighted by molar-refractivity contribution is 14.1. The first kappa shape index (κ1) is 12.1. The molecule has 16 heavy (non-hydrogen) atoms. The molecule has 6 heteroatoms. The van der Waals surface area contributed by atoms with Crippen molar-refractivity contribution in [2.24, 2.45) is 0 Å². The summed E-state index contributed by atoms with van der Waals surface area (Å²) in [6, 6.07) is 8.64. The first-order valence-electron chi connectivity index (χ1n) is 4.25. The highest BCUT2D eigenvalue weighted by atomic mass is 127. The minimum atomic E-state index is -4.32. The van der Waals surface area contributed by atoms with Gasteiger partial charge < -0.3 is 0 Å². The van der Waals surface area contributed by atoms with Crippen molar-refractivity contribution in [3.63, 3.8) is 0 Å². The standard InChI is InChI=1S/C10H6ClIO3S/c11-9-8(12)5-6-3-1-2-4-7(6)10(9)16(13,14)15/h1-5H,(H,13,14,15). The number of hydrogen-bond acceptors (Lipinski definition) is 2. The summed E-state index contributed by atoms with van der Waals surface area (Å²) >= 11 is 7.84.